The van der Waals surface area contributed by atoms with E-state index in [9.17, 15) is 9.90 Å². The van der Waals surface area contributed by atoms with Gasteiger partial charge in [0.05, 0.1) is 26.7 Å². The topological polar surface area (TPSA) is 59.0 Å². The summed E-state index contributed by atoms with van der Waals surface area (Å²) in [7, 11) is 3.27. The zero-order chi connectivity index (χ0) is 17.8. The van der Waals surface area contributed by atoms with E-state index in [0.29, 0.717) is 6.42 Å². The van der Waals surface area contributed by atoms with Gasteiger partial charge in [-0.3, -0.25) is 4.79 Å². The van der Waals surface area contributed by atoms with Gasteiger partial charge in [-0.25, -0.2) is 0 Å². The third kappa shape index (κ3) is 3.71. The Hall–Kier alpha value is -2.69. The third-order valence-electron chi connectivity index (χ3n) is 4.66. The molecule has 0 saturated carbocycles. The summed E-state index contributed by atoms with van der Waals surface area (Å²) in [6, 6.07) is 12.5. The lowest BCUT2D eigenvalue weighted by atomic mass is 10.0. The summed E-state index contributed by atoms with van der Waals surface area (Å²) in [4.78, 5) is 14.7. The zero-order valence-electron chi connectivity index (χ0n) is 14.6. The Morgan fingerprint density at radius 1 is 1.16 bits per heavy atom. The van der Waals surface area contributed by atoms with Crippen LogP contribution in [0.3, 0.4) is 0 Å². The van der Waals surface area contributed by atoms with Crippen LogP contribution in [-0.2, 0) is 11.2 Å². The maximum Gasteiger partial charge on any atom is 0.227 e. The van der Waals surface area contributed by atoms with Crippen molar-refractivity contribution in [2.75, 3.05) is 20.8 Å². The molecular weight excluding hydrogens is 318 g/mol. The second kappa shape index (κ2) is 7.47. The van der Waals surface area contributed by atoms with Gasteiger partial charge in [0.15, 0.2) is 0 Å². The van der Waals surface area contributed by atoms with Crippen LogP contribution in [0.15, 0.2) is 42.5 Å². The summed E-state index contributed by atoms with van der Waals surface area (Å²) in [5.74, 6) is 1.82. The van der Waals surface area contributed by atoms with Crippen molar-refractivity contribution in [1.29, 1.82) is 0 Å². The third-order valence-corrected chi connectivity index (χ3v) is 4.66. The first-order valence-corrected chi connectivity index (χ1v) is 8.41. The maximum absolute atomic E-state index is 12.8. The quantitative estimate of drug-likeness (QED) is 0.906. The number of phenols is 1. The van der Waals surface area contributed by atoms with Crippen LogP contribution >= 0.6 is 0 Å². The molecule has 0 aromatic heterocycles. The SMILES string of the molecule is COc1ccc(OC)c(C2CCCN2C(=O)Cc2ccc(O)cc2)c1. The van der Waals surface area contributed by atoms with E-state index < -0.39 is 0 Å². The van der Waals surface area contributed by atoms with Gasteiger partial charge in [-0.2, -0.15) is 0 Å². The monoisotopic (exact) mass is 341 g/mol. The Kier molecular flexibility index (Phi) is 5.12. The molecule has 2 aromatic rings. The van der Waals surface area contributed by atoms with E-state index >= 15 is 0 Å². The van der Waals surface area contributed by atoms with Gasteiger partial charge >= 0.3 is 0 Å². The van der Waals surface area contributed by atoms with E-state index in [2.05, 4.69) is 0 Å². The predicted molar refractivity (Wildman–Crippen MR) is 95.0 cm³/mol. The number of ether oxygens (including phenoxy) is 2. The highest BCUT2D eigenvalue weighted by molar-refractivity contribution is 5.79. The smallest absolute Gasteiger partial charge is 0.227 e. The van der Waals surface area contributed by atoms with E-state index in [1.165, 1.54) is 0 Å². The highest BCUT2D eigenvalue weighted by Gasteiger charge is 2.32. The molecule has 1 aliphatic rings. The standard InChI is InChI=1S/C20H23NO4/c1-24-16-9-10-19(25-2)17(13-16)18-4-3-11-21(18)20(23)12-14-5-7-15(22)8-6-14/h5-10,13,18,22H,3-4,11-12H2,1-2H3. The minimum atomic E-state index is -0.00494. The average molecular weight is 341 g/mol. The molecule has 0 spiro atoms. The van der Waals surface area contributed by atoms with Crippen molar-refractivity contribution in [2.24, 2.45) is 0 Å². The summed E-state index contributed by atoms with van der Waals surface area (Å²) in [6.07, 6.45) is 2.19. The van der Waals surface area contributed by atoms with E-state index in [-0.39, 0.29) is 17.7 Å². The number of aromatic hydroxyl groups is 1. The molecule has 5 heteroatoms. The van der Waals surface area contributed by atoms with Gasteiger partial charge in [0.1, 0.15) is 17.2 Å². The van der Waals surface area contributed by atoms with Crippen molar-refractivity contribution in [3.63, 3.8) is 0 Å². The van der Waals surface area contributed by atoms with Crippen LogP contribution in [0, 0.1) is 0 Å². The molecule has 0 radical (unpaired) electrons. The molecule has 2 aromatic carbocycles. The Bertz CT molecular complexity index is 742. The molecule has 1 atom stereocenters. The van der Waals surface area contributed by atoms with E-state index in [0.717, 1.165) is 42.0 Å². The van der Waals surface area contributed by atoms with Crippen LogP contribution in [0.2, 0.25) is 0 Å². The second-order valence-electron chi connectivity index (χ2n) is 6.20. The molecule has 1 heterocycles. The van der Waals surface area contributed by atoms with Gasteiger partial charge in [-0.15, -0.1) is 0 Å². The first-order chi connectivity index (χ1) is 12.1. The summed E-state index contributed by atoms with van der Waals surface area (Å²) in [5.41, 5.74) is 1.88. The summed E-state index contributed by atoms with van der Waals surface area (Å²) in [6.45, 7) is 0.738. The Balaban J connectivity index is 1.82. The number of rotatable bonds is 5. The minimum Gasteiger partial charge on any atom is -0.508 e. The molecule has 3 rings (SSSR count). The number of methoxy groups -OCH3 is 2. The number of phenolic OH excluding ortho intramolecular Hbond substituents is 1. The molecule has 25 heavy (non-hydrogen) atoms. The Morgan fingerprint density at radius 3 is 2.60 bits per heavy atom. The fourth-order valence-corrected chi connectivity index (χ4v) is 3.38. The molecule has 1 aliphatic heterocycles. The number of hydrogen-bond donors (Lipinski definition) is 1. The van der Waals surface area contributed by atoms with Crippen LogP contribution in [-0.4, -0.2) is 36.7 Å². The van der Waals surface area contributed by atoms with Gasteiger partial charge in [-0.1, -0.05) is 12.1 Å². The molecule has 1 amide bonds. The van der Waals surface area contributed by atoms with Gasteiger partial charge in [0.25, 0.3) is 0 Å². The van der Waals surface area contributed by atoms with Crippen molar-refractivity contribution in [3.05, 3.63) is 53.6 Å². The molecule has 1 fully saturated rings. The molecular formula is C20H23NO4. The molecule has 1 saturated heterocycles. The average Bonchev–Trinajstić information content (AvgIpc) is 3.12. The van der Waals surface area contributed by atoms with Crippen LogP contribution in [0.4, 0.5) is 0 Å². The number of nitrogens with zero attached hydrogens (tertiary/aromatic N) is 1. The number of hydrogen-bond acceptors (Lipinski definition) is 4. The highest BCUT2D eigenvalue weighted by atomic mass is 16.5. The zero-order valence-corrected chi connectivity index (χ0v) is 14.6. The maximum atomic E-state index is 12.8. The highest BCUT2D eigenvalue weighted by Crippen LogP contribution is 2.39. The fraction of sp³-hybridized carbons (Fsp3) is 0.350. The van der Waals surface area contributed by atoms with Crippen LogP contribution in [0.5, 0.6) is 17.2 Å². The van der Waals surface area contributed by atoms with Crippen molar-refractivity contribution in [2.45, 2.75) is 25.3 Å². The Labute approximate surface area is 147 Å². The van der Waals surface area contributed by atoms with E-state index in [1.54, 1.807) is 38.5 Å². The lowest BCUT2D eigenvalue weighted by Crippen LogP contribution is -2.32. The molecule has 132 valence electrons. The van der Waals surface area contributed by atoms with Gasteiger partial charge in [-0.05, 0) is 48.7 Å². The van der Waals surface area contributed by atoms with Gasteiger partial charge < -0.3 is 19.5 Å². The number of carbonyl (C=O) groups is 1. The number of carbonyl (C=O) groups excluding carboxylic acids is 1. The van der Waals surface area contributed by atoms with E-state index in [1.807, 2.05) is 23.1 Å². The predicted octanol–water partition coefficient (Wildman–Crippen LogP) is 3.32. The second-order valence-corrected chi connectivity index (χ2v) is 6.20. The molecule has 1 unspecified atom stereocenters. The lowest BCUT2D eigenvalue weighted by Gasteiger charge is -2.27. The van der Waals surface area contributed by atoms with Gasteiger partial charge in [0.2, 0.25) is 5.91 Å². The number of benzene rings is 2. The first-order valence-electron chi connectivity index (χ1n) is 8.41. The van der Waals surface area contributed by atoms with E-state index in [4.69, 9.17) is 9.47 Å². The van der Waals surface area contributed by atoms with Crippen molar-refractivity contribution in [3.8, 4) is 17.2 Å². The normalized spacial score (nSPS) is 16.7. The van der Waals surface area contributed by atoms with Crippen molar-refractivity contribution < 1.29 is 19.4 Å². The van der Waals surface area contributed by atoms with Crippen LogP contribution in [0.25, 0.3) is 0 Å². The number of likely N-dealkylation sites (tertiary alicyclic amines) is 1. The van der Waals surface area contributed by atoms with Crippen molar-refractivity contribution >= 4 is 5.91 Å². The Morgan fingerprint density at radius 2 is 1.92 bits per heavy atom. The number of amides is 1. The largest absolute Gasteiger partial charge is 0.508 e. The van der Waals surface area contributed by atoms with Gasteiger partial charge in [0, 0.05) is 12.1 Å². The molecule has 0 aliphatic carbocycles. The summed E-state index contributed by atoms with van der Waals surface area (Å²) >= 11 is 0. The molecule has 5 nitrogen and oxygen atoms in total. The molecule has 1 N–H and O–H groups in total. The van der Waals surface area contributed by atoms with Crippen LogP contribution in [0.1, 0.15) is 30.0 Å². The first kappa shape index (κ1) is 17.1. The summed E-state index contributed by atoms with van der Waals surface area (Å²) < 4.78 is 10.8. The fourth-order valence-electron chi connectivity index (χ4n) is 3.38. The molecule has 0 bridgehead atoms. The van der Waals surface area contributed by atoms with Crippen molar-refractivity contribution in [1.82, 2.24) is 4.90 Å². The summed E-state index contributed by atoms with van der Waals surface area (Å²) in [5, 5.41) is 9.38. The van der Waals surface area contributed by atoms with Crippen LogP contribution < -0.4 is 9.47 Å². The minimum absolute atomic E-state index is 0.00494. The lowest BCUT2D eigenvalue weighted by molar-refractivity contribution is -0.131.